The molecule has 19 heavy (non-hydrogen) atoms. The van der Waals surface area contributed by atoms with E-state index in [-0.39, 0.29) is 10.7 Å². The molecule has 0 radical (unpaired) electrons. The second-order valence-corrected chi connectivity index (χ2v) is 5.74. The molecule has 98 valence electrons. The highest BCUT2D eigenvalue weighted by molar-refractivity contribution is 9.10. The fraction of sp³-hybridized carbons (Fsp3) is 0.188. The van der Waals surface area contributed by atoms with E-state index < -0.39 is 0 Å². The number of carbonyl (C=O) groups is 1. The van der Waals surface area contributed by atoms with Crippen molar-refractivity contribution in [3.8, 4) is 0 Å². The van der Waals surface area contributed by atoms with E-state index in [9.17, 15) is 4.79 Å². The highest BCUT2D eigenvalue weighted by atomic mass is 79.9. The zero-order valence-corrected chi connectivity index (χ0v) is 12.4. The van der Waals surface area contributed by atoms with Crippen LogP contribution >= 0.6 is 15.9 Å². The van der Waals surface area contributed by atoms with Crippen LogP contribution in [0.4, 0.5) is 5.69 Å². The molecule has 1 atom stereocenters. The van der Waals surface area contributed by atoms with E-state index in [0.717, 1.165) is 11.3 Å². The summed E-state index contributed by atoms with van der Waals surface area (Å²) in [5.41, 5.74) is 2.04. The van der Waals surface area contributed by atoms with Gasteiger partial charge >= 0.3 is 0 Å². The van der Waals surface area contributed by atoms with Crippen molar-refractivity contribution in [3.05, 3.63) is 66.2 Å². The normalized spacial score (nSPS) is 11.9. The van der Waals surface area contributed by atoms with Crippen molar-refractivity contribution in [1.82, 2.24) is 0 Å². The molecule has 2 aromatic rings. The summed E-state index contributed by atoms with van der Waals surface area (Å²) in [6.07, 6.45) is 0. The first kappa shape index (κ1) is 13.8. The molecule has 1 amide bonds. The Bertz CT molecular complexity index is 525. The average Bonchev–Trinajstić information content (AvgIpc) is 2.46. The van der Waals surface area contributed by atoms with Gasteiger partial charge in [-0.3, -0.25) is 4.79 Å². The molecule has 0 aliphatic heterocycles. The van der Waals surface area contributed by atoms with E-state index >= 15 is 0 Å². The quantitative estimate of drug-likeness (QED) is 0.780. The van der Waals surface area contributed by atoms with Gasteiger partial charge in [-0.15, -0.1) is 0 Å². The van der Waals surface area contributed by atoms with E-state index in [1.165, 1.54) is 0 Å². The summed E-state index contributed by atoms with van der Waals surface area (Å²) >= 11 is 3.36. The molecule has 0 spiro atoms. The molecular weight excluding hydrogens is 302 g/mol. The molecule has 2 rings (SSSR count). The summed E-state index contributed by atoms with van der Waals surface area (Å²) in [5, 5.41) is 0. The van der Waals surface area contributed by atoms with Crippen LogP contribution in [0.5, 0.6) is 0 Å². The van der Waals surface area contributed by atoms with Gasteiger partial charge in [-0.2, -0.15) is 0 Å². The van der Waals surface area contributed by atoms with Crippen molar-refractivity contribution in [1.29, 1.82) is 0 Å². The minimum Gasteiger partial charge on any atom is -0.307 e. The lowest BCUT2D eigenvalue weighted by molar-refractivity contribution is -0.117. The summed E-state index contributed by atoms with van der Waals surface area (Å²) in [4.78, 5) is 13.9. The van der Waals surface area contributed by atoms with Crippen molar-refractivity contribution in [2.45, 2.75) is 18.3 Å². The van der Waals surface area contributed by atoms with Crippen LogP contribution in [0.1, 0.15) is 12.5 Å². The zero-order chi connectivity index (χ0) is 13.7. The number of alkyl halides is 1. The minimum atomic E-state index is -0.198. The molecule has 3 heteroatoms. The Hall–Kier alpha value is -1.61. The number of anilines is 1. The van der Waals surface area contributed by atoms with Crippen LogP contribution in [0.25, 0.3) is 0 Å². The van der Waals surface area contributed by atoms with Crippen molar-refractivity contribution < 1.29 is 4.79 Å². The second kappa shape index (κ2) is 6.53. The average molecular weight is 318 g/mol. The van der Waals surface area contributed by atoms with Crippen molar-refractivity contribution in [2.75, 3.05) is 4.90 Å². The van der Waals surface area contributed by atoms with Gasteiger partial charge in [0.1, 0.15) is 0 Å². The summed E-state index contributed by atoms with van der Waals surface area (Å²) < 4.78 is 0. The smallest absolute Gasteiger partial charge is 0.240 e. The largest absolute Gasteiger partial charge is 0.307 e. The van der Waals surface area contributed by atoms with Crippen LogP contribution in [0.2, 0.25) is 0 Å². The lowest BCUT2D eigenvalue weighted by atomic mass is 10.2. The molecule has 0 aromatic heterocycles. The Labute approximate surface area is 122 Å². The summed E-state index contributed by atoms with van der Waals surface area (Å²) in [7, 11) is 0. The Morgan fingerprint density at radius 1 is 1.05 bits per heavy atom. The second-order valence-electron chi connectivity index (χ2n) is 4.36. The molecule has 0 bridgehead atoms. The number of para-hydroxylation sites is 1. The van der Waals surface area contributed by atoms with Crippen molar-refractivity contribution >= 4 is 27.5 Å². The molecule has 0 saturated carbocycles. The fourth-order valence-corrected chi connectivity index (χ4v) is 2.13. The number of nitrogens with zero attached hydrogens (tertiary/aromatic N) is 1. The van der Waals surface area contributed by atoms with E-state index in [2.05, 4.69) is 15.9 Å². The number of carbonyl (C=O) groups excluding carboxylic acids is 1. The Morgan fingerprint density at radius 3 is 2.11 bits per heavy atom. The first-order chi connectivity index (χ1) is 9.18. The topological polar surface area (TPSA) is 20.3 Å². The number of benzene rings is 2. The van der Waals surface area contributed by atoms with E-state index in [1.807, 2.05) is 67.6 Å². The maximum absolute atomic E-state index is 12.3. The van der Waals surface area contributed by atoms with Gasteiger partial charge in [-0.05, 0) is 24.6 Å². The van der Waals surface area contributed by atoms with Crippen LogP contribution in [-0.2, 0) is 11.3 Å². The number of hydrogen-bond acceptors (Lipinski definition) is 1. The van der Waals surface area contributed by atoms with Crippen molar-refractivity contribution in [3.63, 3.8) is 0 Å². The molecule has 0 aliphatic rings. The lowest BCUT2D eigenvalue weighted by Gasteiger charge is -2.24. The highest BCUT2D eigenvalue weighted by Crippen LogP contribution is 2.19. The van der Waals surface area contributed by atoms with Gasteiger partial charge in [0.25, 0.3) is 0 Å². The third-order valence-electron chi connectivity index (χ3n) is 2.86. The molecule has 0 heterocycles. The standard InChI is InChI=1S/C16H16BrNO/c1-13(17)16(19)18(15-10-6-3-7-11-15)12-14-8-4-2-5-9-14/h2-11,13H,12H2,1H3. The molecule has 2 nitrogen and oxygen atoms in total. The monoisotopic (exact) mass is 317 g/mol. The maximum atomic E-state index is 12.3. The molecule has 2 aromatic carbocycles. The molecule has 0 aliphatic carbocycles. The first-order valence-corrected chi connectivity index (χ1v) is 7.14. The van der Waals surface area contributed by atoms with Crippen LogP contribution in [-0.4, -0.2) is 10.7 Å². The van der Waals surface area contributed by atoms with Gasteiger partial charge in [0.05, 0.1) is 11.4 Å². The number of rotatable bonds is 4. The molecule has 1 unspecified atom stereocenters. The van der Waals surface area contributed by atoms with Crippen LogP contribution in [0.15, 0.2) is 60.7 Å². The third-order valence-corrected chi connectivity index (χ3v) is 3.25. The third kappa shape index (κ3) is 3.67. The van der Waals surface area contributed by atoms with Crippen LogP contribution < -0.4 is 4.90 Å². The molecule has 0 N–H and O–H groups in total. The van der Waals surface area contributed by atoms with Gasteiger partial charge in [0.2, 0.25) is 5.91 Å². The fourth-order valence-electron chi connectivity index (χ4n) is 1.89. The van der Waals surface area contributed by atoms with Crippen LogP contribution in [0.3, 0.4) is 0 Å². The predicted molar refractivity (Wildman–Crippen MR) is 82.5 cm³/mol. The van der Waals surface area contributed by atoms with E-state index in [0.29, 0.717) is 6.54 Å². The minimum absolute atomic E-state index is 0.0649. The van der Waals surface area contributed by atoms with Gasteiger partial charge in [-0.25, -0.2) is 0 Å². The highest BCUT2D eigenvalue weighted by Gasteiger charge is 2.19. The Balaban J connectivity index is 2.28. The lowest BCUT2D eigenvalue weighted by Crippen LogP contribution is -2.35. The number of amides is 1. The van der Waals surface area contributed by atoms with E-state index in [1.54, 1.807) is 4.90 Å². The Kier molecular flexibility index (Phi) is 4.74. The number of halogens is 1. The van der Waals surface area contributed by atoms with E-state index in [4.69, 9.17) is 0 Å². The summed E-state index contributed by atoms with van der Waals surface area (Å²) in [6.45, 7) is 2.43. The molecule has 0 saturated heterocycles. The molecule has 0 fully saturated rings. The predicted octanol–water partition coefficient (Wildman–Crippen LogP) is 4.00. The van der Waals surface area contributed by atoms with Crippen molar-refractivity contribution in [2.24, 2.45) is 0 Å². The maximum Gasteiger partial charge on any atom is 0.240 e. The van der Waals surface area contributed by atoms with Gasteiger partial charge in [-0.1, -0.05) is 64.5 Å². The number of hydrogen-bond donors (Lipinski definition) is 0. The van der Waals surface area contributed by atoms with Gasteiger partial charge in [0.15, 0.2) is 0 Å². The van der Waals surface area contributed by atoms with Crippen LogP contribution in [0, 0.1) is 0 Å². The van der Waals surface area contributed by atoms with Gasteiger partial charge in [0, 0.05) is 5.69 Å². The van der Waals surface area contributed by atoms with Gasteiger partial charge < -0.3 is 4.90 Å². The first-order valence-electron chi connectivity index (χ1n) is 6.23. The summed E-state index contributed by atoms with van der Waals surface area (Å²) in [5.74, 6) is 0.0649. The molecular formula is C16H16BrNO. The SMILES string of the molecule is CC(Br)C(=O)N(Cc1ccccc1)c1ccccc1. The zero-order valence-electron chi connectivity index (χ0n) is 10.8. The summed E-state index contributed by atoms with van der Waals surface area (Å²) in [6, 6.07) is 19.8. The Morgan fingerprint density at radius 2 is 1.58 bits per heavy atom.